The Balaban J connectivity index is 1.55. The van der Waals surface area contributed by atoms with Gasteiger partial charge in [-0.1, -0.05) is 12.1 Å². The average molecular weight is 417 g/mol. The van der Waals surface area contributed by atoms with Gasteiger partial charge < -0.3 is 23.7 Å². The Kier molecular flexibility index (Phi) is 5.92. The van der Waals surface area contributed by atoms with Gasteiger partial charge in [-0.15, -0.1) is 0 Å². The van der Waals surface area contributed by atoms with Gasteiger partial charge in [-0.3, -0.25) is 14.2 Å². The molecule has 1 atom stereocenters. The molecule has 0 radical (unpaired) electrons. The van der Waals surface area contributed by atoms with Crippen molar-refractivity contribution < 1.29 is 23.5 Å². The summed E-state index contributed by atoms with van der Waals surface area (Å²) in [6.45, 7) is 2.71. The van der Waals surface area contributed by atoms with Crippen LogP contribution in [0.2, 0.25) is 0 Å². The number of carbonyl (C=O) groups excluding carboxylic acids is 2. The van der Waals surface area contributed by atoms with Crippen molar-refractivity contribution in [1.29, 1.82) is 0 Å². The second-order valence-corrected chi connectivity index (χ2v) is 7.91. The topological polar surface area (TPSA) is 94.2 Å². The number of hydrogen-bond acceptors (Lipinski definition) is 6. The maximum atomic E-state index is 13.2. The Morgan fingerprint density at radius 1 is 1.27 bits per heavy atom. The highest BCUT2D eigenvalue weighted by molar-refractivity contribution is 5.82. The highest BCUT2D eigenvalue weighted by atomic mass is 16.5. The standard InChI is InChI=1S/C21H27N3O6/c1-28-11-4-9-24-18(25)7-10-22(14-21(24)8-12-29-15-21)19(26)13-23-16-5-2-3-6-17(16)30-20(23)27/h2-3,5-6H,4,7-15H2,1H3. The summed E-state index contributed by atoms with van der Waals surface area (Å²) in [5.74, 6) is -0.741. The maximum absolute atomic E-state index is 13.2. The van der Waals surface area contributed by atoms with E-state index in [1.807, 2.05) is 4.90 Å². The predicted octanol–water partition coefficient (Wildman–Crippen LogP) is 0.851. The Labute approximate surface area is 174 Å². The molecule has 1 spiro atoms. The normalized spacial score (nSPS) is 22.2. The molecule has 1 aromatic carbocycles. The van der Waals surface area contributed by atoms with Gasteiger partial charge >= 0.3 is 5.76 Å². The number of amides is 2. The number of ether oxygens (including phenoxy) is 2. The molecule has 2 saturated heterocycles. The molecule has 1 unspecified atom stereocenters. The van der Waals surface area contributed by atoms with Gasteiger partial charge in [0.25, 0.3) is 0 Å². The van der Waals surface area contributed by atoms with Crippen molar-refractivity contribution in [1.82, 2.24) is 14.4 Å². The number of benzene rings is 1. The molecule has 0 N–H and O–H groups in total. The zero-order valence-electron chi connectivity index (χ0n) is 17.2. The summed E-state index contributed by atoms with van der Waals surface area (Å²) in [4.78, 5) is 41.9. The van der Waals surface area contributed by atoms with Crippen molar-refractivity contribution in [2.45, 2.75) is 31.3 Å². The minimum Gasteiger partial charge on any atom is -0.408 e. The van der Waals surface area contributed by atoms with Gasteiger partial charge in [0, 0.05) is 46.4 Å². The Morgan fingerprint density at radius 3 is 2.87 bits per heavy atom. The fourth-order valence-corrected chi connectivity index (χ4v) is 4.42. The molecule has 2 fully saturated rings. The summed E-state index contributed by atoms with van der Waals surface area (Å²) < 4.78 is 17.4. The molecular formula is C21H27N3O6. The van der Waals surface area contributed by atoms with Gasteiger partial charge in [0.05, 0.1) is 17.7 Å². The van der Waals surface area contributed by atoms with Gasteiger partial charge in [0.2, 0.25) is 11.8 Å². The van der Waals surface area contributed by atoms with Crippen LogP contribution in [0.4, 0.5) is 0 Å². The molecule has 1 aromatic heterocycles. The molecule has 30 heavy (non-hydrogen) atoms. The first-order valence-corrected chi connectivity index (χ1v) is 10.3. The SMILES string of the molecule is COCCCN1C(=O)CCN(C(=O)Cn2c(=O)oc3ccccc32)CC12CCOC2. The van der Waals surface area contributed by atoms with Crippen molar-refractivity contribution in [3.8, 4) is 0 Å². The third-order valence-electron chi connectivity index (χ3n) is 5.99. The lowest BCUT2D eigenvalue weighted by Gasteiger charge is -2.40. The largest absolute Gasteiger partial charge is 0.420 e. The van der Waals surface area contributed by atoms with Gasteiger partial charge in [-0.2, -0.15) is 0 Å². The number of oxazole rings is 1. The van der Waals surface area contributed by atoms with Crippen LogP contribution in [0.3, 0.4) is 0 Å². The van der Waals surface area contributed by atoms with E-state index in [1.165, 1.54) is 4.57 Å². The Bertz CT molecular complexity index is 975. The molecule has 0 bridgehead atoms. The molecule has 2 aliphatic heterocycles. The van der Waals surface area contributed by atoms with Crippen molar-refractivity contribution >= 4 is 22.9 Å². The van der Waals surface area contributed by atoms with Crippen LogP contribution in [-0.2, 0) is 25.6 Å². The zero-order valence-corrected chi connectivity index (χ0v) is 17.2. The number of para-hydroxylation sites is 2. The van der Waals surface area contributed by atoms with Crippen LogP contribution in [0.1, 0.15) is 19.3 Å². The van der Waals surface area contributed by atoms with Crippen LogP contribution in [0, 0.1) is 0 Å². The third kappa shape index (κ3) is 3.87. The van der Waals surface area contributed by atoms with Crippen LogP contribution in [0.15, 0.2) is 33.5 Å². The van der Waals surface area contributed by atoms with Crippen LogP contribution in [-0.4, -0.2) is 78.3 Å². The summed E-state index contributed by atoms with van der Waals surface area (Å²) in [5.41, 5.74) is 0.508. The molecule has 4 rings (SSSR count). The first-order valence-electron chi connectivity index (χ1n) is 10.3. The summed E-state index contributed by atoms with van der Waals surface area (Å²) in [5, 5.41) is 0. The molecule has 2 aromatic rings. The first kappa shape index (κ1) is 20.6. The monoisotopic (exact) mass is 417 g/mol. The number of nitrogens with zero attached hydrogens (tertiary/aromatic N) is 3. The van der Waals surface area contributed by atoms with E-state index in [4.69, 9.17) is 13.9 Å². The minimum atomic E-state index is -0.560. The molecule has 3 heterocycles. The third-order valence-corrected chi connectivity index (χ3v) is 5.99. The van der Waals surface area contributed by atoms with E-state index in [1.54, 1.807) is 36.3 Å². The molecule has 2 amide bonds. The second kappa shape index (κ2) is 8.61. The fourth-order valence-electron chi connectivity index (χ4n) is 4.42. The van der Waals surface area contributed by atoms with E-state index in [9.17, 15) is 14.4 Å². The molecule has 2 aliphatic rings. The number of carbonyl (C=O) groups is 2. The van der Waals surface area contributed by atoms with Gasteiger partial charge in [0.15, 0.2) is 5.58 Å². The van der Waals surface area contributed by atoms with E-state index in [0.717, 1.165) is 6.42 Å². The number of methoxy groups -OCH3 is 1. The number of hydrogen-bond donors (Lipinski definition) is 0. The van der Waals surface area contributed by atoms with Crippen molar-refractivity contribution in [2.24, 2.45) is 0 Å². The van der Waals surface area contributed by atoms with Gasteiger partial charge in [0.1, 0.15) is 6.54 Å². The summed E-state index contributed by atoms with van der Waals surface area (Å²) in [7, 11) is 1.64. The molecule has 162 valence electrons. The zero-order chi connectivity index (χ0) is 21.1. The molecular weight excluding hydrogens is 390 g/mol. The predicted molar refractivity (Wildman–Crippen MR) is 108 cm³/mol. The lowest BCUT2D eigenvalue weighted by atomic mass is 9.95. The summed E-state index contributed by atoms with van der Waals surface area (Å²) in [6.07, 6.45) is 1.67. The number of fused-ring (bicyclic) bond motifs is 1. The van der Waals surface area contributed by atoms with Crippen LogP contribution >= 0.6 is 0 Å². The lowest BCUT2D eigenvalue weighted by molar-refractivity contribution is -0.138. The highest BCUT2D eigenvalue weighted by Crippen LogP contribution is 2.31. The molecule has 9 nitrogen and oxygen atoms in total. The summed E-state index contributed by atoms with van der Waals surface area (Å²) in [6, 6.07) is 7.03. The second-order valence-electron chi connectivity index (χ2n) is 7.91. The van der Waals surface area contributed by atoms with E-state index >= 15 is 0 Å². The lowest BCUT2D eigenvalue weighted by Crippen LogP contribution is -2.57. The maximum Gasteiger partial charge on any atom is 0.420 e. The molecule has 9 heteroatoms. The number of aromatic nitrogens is 1. The van der Waals surface area contributed by atoms with Crippen LogP contribution in [0.5, 0.6) is 0 Å². The Hall–Kier alpha value is -2.65. The number of rotatable bonds is 6. The summed E-state index contributed by atoms with van der Waals surface area (Å²) >= 11 is 0. The van der Waals surface area contributed by atoms with Crippen molar-refractivity contribution in [3.05, 3.63) is 34.8 Å². The van der Waals surface area contributed by atoms with Gasteiger partial charge in [-0.05, 0) is 25.0 Å². The Morgan fingerprint density at radius 2 is 2.10 bits per heavy atom. The van der Waals surface area contributed by atoms with Gasteiger partial charge in [-0.25, -0.2) is 4.79 Å². The van der Waals surface area contributed by atoms with Crippen LogP contribution < -0.4 is 5.76 Å². The first-order chi connectivity index (χ1) is 14.5. The smallest absolute Gasteiger partial charge is 0.408 e. The van der Waals surface area contributed by atoms with E-state index in [0.29, 0.717) is 57.0 Å². The van der Waals surface area contributed by atoms with E-state index < -0.39 is 11.3 Å². The van der Waals surface area contributed by atoms with Crippen LogP contribution in [0.25, 0.3) is 11.1 Å². The minimum absolute atomic E-state index is 0.0258. The van der Waals surface area contributed by atoms with E-state index in [-0.39, 0.29) is 24.8 Å². The van der Waals surface area contributed by atoms with Crippen molar-refractivity contribution in [3.63, 3.8) is 0 Å². The van der Waals surface area contributed by atoms with E-state index in [2.05, 4.69) is 0 Å². The quantitative estimate of drug-likeness (QED) is 0.647. The molecule has 0 aliphatic carbocycles. The highest BCUT2D eigenvalue weighted by Gasteiger charge is 2.46. The average Bonchev–Trinajstić information content (AvgIpc) is 3.29. The fraction of sp³-hybridized carbons (Fsp3) is 0.571. The molecule has 0 saturated carbocycles. The van der Waals surface area contributed by atoms with Crippen molar-refractivity contribution in [2.75, 3.05) is 46.6 Å².